The van der Waals surface area contributed by atoms with Crippen LogP contribution in [0.25, 0.3) is 0 Å². The Morgan fingerprint density at radius 1 is 0.479 bits per heavy atom. The summed E-state index contributed by atoms with van der Waals surface area (Å²) in [4.78, 5) is 25.8. The number of amides is 2. The lowest BCUT2D eigenvalue weighted by Gasteiger charge is -2.33. The Bertz CT molecular complexity index is 1860. The van der Waals surface area contributed by atoms with Crippen molar-refractivity contribution in [3.05, 3.63) is 93.0 Å². The number of hydrogen-bond donors (Lipinski definition) is 1. The minimum Gasteiger partial charge on any atom is -0.497 e. The van der Waals surface area contributed by atoms with Gasteiger partial charge in [-0.2, -0.15) is 4.99 Å². The van der Waals surface area contributed by atoms with E-state index >= 15 is 4.79 Å². The summed E-state index contributed by atoms with van der Waals surface area (Å²) in [6.45, 7) is 16.0. The maximum Gasteiger partial charge on any atom is 0.439 e. The van der Waals surface area contributed by atoms with Crippen molar-refractivity contribution in [3.8, 4) is 23.0 Å². The van der Waals surface area contributed by atoms with Crippen LogP contribution in [-0.2, 0) is 0 Å². The highest BCUT2D eigenvalue weighted by atomic mass is 16.5. The van der Waals surface area contributed by atoms with E-state index < -0.39 is 0 Å². The van der Waals surface area contributed by atoms with E-state index in [9.17, 15) is 0 Å². The highest BCUT2D eigenvalue weighted by Crippen LogP contribution is 2.49. The van der Waals surface area contributed by atoms with Crippen molar-refractivity contribution < 1.29 is 23.7 Å². The molecule has 0 bridgehead atoms. The fourth-order valence-corrected chi connectivity index (χ4v) is 6.99. The molecule has 1 aliphatic rings. The minimum absolute atomic E-state index is 0.298. The number of amidine groups is 2. The molecule has 5 rings (SSSR count). The van der Waals surface area contributed by atoms with Gasteiger partial charge in [0, 0.05) is 22.3 Å². The normalized spacial score (nSPS) is 15.5. The van der Waals surface area contributed by atoms with E-state index in [0.29, 0.717) is 23.2 Å². The third-order valence-electron chi connectivity index (χ3n) is 8.97. The summed E-state index contributed by atoms with van der Waals surface area (Å²) in [6.07, 6.45) is 0. The third kappa shape index (κ3) is 5.68. The number of methoxy groups -OCH3 is 4. The van der Waals surface area contributed by atoms with Gasteiger partial charge in [0.2, 0.25) is 5.84 Å². The van der Waals surface area contributed by atoms with Crippen molar-refractivity contribution in [2.75, 3.05) is 28.4 Å². The van der Waals surface area contributed by atoms with Gasteiger partial charge >= 0.3 is 6.03 Å². The smallest absolute Gasteiger partial charge is 0.439 e. The summed E-state index contributed by atoms with van der Waals surface area (Å²) in [5.74, 6) is 3.68. The van der Waals surface area contributed by atoms with Gasteiger partial charge in [0.1, 0.15) is 23.0 Å². The van der Waals surface area contributed by atoms with Crippen LogP contribution in [-0.4, -0.2) is 46.1 Å². The summed E-state index contributed by atoms with van der Waals surface area (Å²) in [5, 5.41) is 3.21. The standard InChI is InChI=1S/C39H44N4O5/c1-21-13-29(45-9)14-22(2)33(21)40-37-38(41-34-23(3)15-30(46-10)16-24(34)4)43(39(44)42-37,35-25(5)17-31(47-11)18-26(35)6)36-27(7)19-32(48-12)20-28(36)8/h13-20H,1-12H3/p+1. The maximum absolute atomic E-state index is 15.2. The van der Waals surface area contributed by atoms with Gasteiger partial charge in [-0.15, -0.1) is 4.48 Å². The molecule has 0 spiro atoms. The van der Waals surface area contributed by atoms with Gasteiger partial charge in [-0.25, -0.2) is 9.79 Å². The van der Waals surface area contributed by atoms with E-state index in [0.717, 1.165) is 78.8 Å². The molecule has 4 aromatic rings. The highest BCUT2D eigenvalue weighted by Gasteiger charge is 2.59. The molecular weight excluding hydrogens is 604 g/mol. The SMILES string of the molecule is COc1cc(C)c(N=C2NC(=O)[N+](c3c(C)cc(OC)cc3C)(c3c(C)cc(OC)cc3C)C2=Nc2c(C)cc(OC)cc2C)c(C)c1. The number of carbonyl (C=O) groups is 1. The van der Waals surface area contributed by atoms with Crippen LogP contribution in [0.15, 0.2) is 58.5 Å². The van der Waals surface area contributed by atoms with E-state index in [2.05, 4.69) is 5.32 Å². The number of rotatable bonds is 8. The van der Waals surface area contributed by atoms with Gasteiger partial charge in [-0.3, -0.25) is 5.32 Å². The lowest BCUT2D eigenvalue weighted by molar-refractivity contribution is 0.238. The zero-order valence-corrected chi connectivity index (χ0v) is 30.0. The summed E-state index contributed by atoms with van der Waals surface area (Å²) in [7, 11) is 6.58. The van der Waals surface area contributed by atoms with Crippen molar-refractivity contribution in [2.24, 2.45) is 9.98 Å². The van der Waals surface area contributed by atoms with Gasteiger partial charge in [0.15, 0.2) is 11.4 Å². The first-order valence-electron chi connectivity index (χ1n) is 15.8. The molecule has 9 heteroatoms. The molecule has 2 amide bonds. The van der Waals surface area contributed by atoms with Crippen molar-refractivity contribution in [3.63, 3.8) is 0 Å². The van der Waals surface area contributed by atoms with Gasteiger partial charge in [0.05, 0.1) is 39.8 Å². The van der Waals surface area contributed by atoms with Gasteiger partial charge in [0.25, 0.3) is 5.84 Å². The van der Waals surface area contributed by atoms with Gasteiger partial charge < -0.3 is 18.9 Å². The molecule has 0 radical (unpaired) electrons. The van der Waals surface area contributed by atoms with E-state index in [4.69, 9.17) is 28.9 Å². The molecule has 48 heavy (non-hydrogen) atoms. The average molecular weight is 650 g/mol. The lowest BCUT2D eigenvalue weighted by Crippen LogP contribution is -2.52. The van der Waals surface area contributed by atoms with Crippen LogP contribution in [0.2, 0.25) is 0 Å². The summed E-state index contributed by atoms with van der Waals surface area (Å²) < 4.78 is 22.1. The summed E-state index contributed by atoms with van der Waals surface area (Å²) in [5.41, 5.74) is 10.1. The number of urea groups is 1. The number of benzene rings is 4. The van der Waals surface area contributed by atoms with Gasteiger partial charge in [-0.1, -0.05) is 0 Å². The Balaban J connectivity index is 2.00. The van der Waals surface area contributed by atoms with Crippen molar-refractivity contribution in [2.45, 2.75) is 55.4 Å². The molecule has 0 aliphatic carbocycles. The fourth-order valence-electron chi connectivity index (χ4n) is 6.99. The molecule has 1 fully saturated rings. The Morgan fingerprint density at radius 3 is 1.08 bits per heavy atom. The van der Waals surface area contributed by atoms with E-state index in [-0.39, 0.29) is 10.5 Å². The number of carbonyl (C=O) groups excluding carboxylic acids is 1. The number of nitrogens with one attached hydrogen (secondary N) is 1. The minimum atomic E-state index is -0.346. The summed E-state index contributed by atoms with van der Waals surface area (Å²) >= 11 is 0. The zero-order chi connectivity index (χ0) is 35.1. The highest BCUT2D eigenvalue weighted by molar-refractivity contribution is 6.56. The second-order valence-electron chi connectivity index (χ2n) is 12.4. The molecule has 4 aromatic carbocycles. The van der Waals surface area contributed by atoms with Crippen LogP contribution < -0.4 is 28.7 Å². The van der Waals surface area contributed by atoms with E-state index in [1.807, 2.05) is 104 Å². The Hall–Kier alpha value is -5.15. The van der Waals surface area contributed by atoms with Crippen molar-refractivity contribution in [1.29, 1.82) is 0 Å². The largest absolute Gasteiger partial charge is 0.497 e. The number of ether oxygens (including phenoxy) is 4. The number of aliphatic imine (C=N–C) groups is 2. The predicted molar refractivity (Wildman–Crippen MR) is 194 cm³/mol. The van der Waals surface area contributed by atoms with E-state index in [1.54, 1.807) is 28.4 Å². The van der Waals surface area contributed by atoms with E-state index in [1.165, 1.54) is 0 Å². The first-order chi connectivity index (χ1) is 22.8. The maximum atomic E-state index is 15.2. The molecule has 1 N–H and O–H groups in total. The van der Waals surface area contributed by atoms with Crippen LogP contribution in [0.4, 0.5) is 27.5 Å². The first-order valence-corrected chi connectivity index (χ1v) is 15.8. The molecular formula is C39H45N4O5+. The van der Waals surface area contributed by atoms with Crippen LogP contribution in [0.5, 0.6) is 23.0 Å². The number of aryl methyl sites for hydroxylation is 8. The van der Waals surface area contributed by atoms with Gasteiger partial charge in [-0.05, 0) is 126 Å². The zero-order valence-electron chi connectivity index (χ0n) is 30.0. The van der Waals surface area contributed by atoms with Crippen LogP contribution >= 0.6 is 0 Å². The Morgan fingerprint density at radius 2 is 0.771 bits per heavy atom. The monoisotopic (exact) mass is 649 g/mol. The Labute approximate surface area is 283 Å². The number of quaternary nitrogens is 1. The van der Waals surface area contributed by atoms with Crippen LogP contribution in [0.3, 0.4) is 0 Å². The van der Waals surface area contributed by atoms with Crippen molar-refractivity contribution >= 4 is 40.5 Å². The third-order valence-corrected chi connectivity index (χ3v) is 8.97. The Kier molecular flexibility index (Phi) is 9.37. The predicted octanol–water partition coefficient (Wildman–Crippen LogP) is 9.01. The molecule has 9 nitrogen and oxygen atoms in total. The van der Waals surface area contributed by atoms with Crippen LogP contribution in [0, 0.1) is 55.4 Å². The number of hydrogen-bond acceptors (Lipinski definition) is 7. The molecule has 250 valence electrons. The molecule has 0 saturated carbocycles. The average Bonchev–Trinajstić information content (AvgIpc) is 3.29. The quantitative estimate of drug-likeness (QED) is 0.192. The summed E-state index contributed by atoms with van der Waals surface area (Å²) in [6, 6.07) is 15.3. The number of nitrogens with zero attached hydrogens (tertiary/aromatic N) is 3. The topological polar surface area (TPSA) is 90.7 Å². The molecule has 0 aromatic heterocycles. The molecule has 1 aliphatic heterocycles. The lowest BCUT2D eigenvalue weighted by atomic mass is 9.98. The van der Waals surface area contributed by atoms with Crippen LogP contribution in [0.1, 0.15) is 44.5 Å². The van der Waals surface area contributed by atoms with Crippen molar-refractivity contribution in [1.82, 2.24) is 9.80 Å². The first kappa shape index (κ1) is 34.2. The second-order valence-corrected chi connectivity index (χ2v) is 12.4. The molecule has 1 heterocycles. The molecule has 0 unspecified atom stereocenters. The fraction of sp³-hybridized carbons (Fsp3) is 0.308. The molecule has 0 atom stereocenters. The second kappa shape index (κ2) is 13.2. The molecule has 1 saturated heterocycles.